The molecule has 0 spiro atoms. The number of fused-ring (bicyclic) bond motifs is 2. The third-order valence-electron chi connectivity index (χ3n) is 6.89. The molecule has 1 aromatic carbocycles. The Morgan fingerprint density at radius 3 is 2.80 bits per heavy atom. The summed E-state index contributed by atoms with van der Waals surface area (Å²) in [5, 5.41) is 7.20. The van der Waals surface area contributed by atoms with Crippen LogP contribution in [0.5, 0.6) is 11.5 Å². The van der Waals surface area contributed by atoms with E-state index in [-0.39, 0.29) is 11.4 Å². The lowest BCUT2D eigenvalue weighted by Crippen LogP contribution is -2.48. The van der Waals surface area contributed by atoms with Crippen molar-refractivity contribution >= 4 is 11.0 Å². The lowest BCUT2D eigenvalue weighted by molar-refractivity contribution is 0.170. The Kier molecular flexibility index (Phi) is 7.21. The molecule has 186 valence electrons. The standard InChI is InChI=1S/C25H31FN6O3/c26-17-1-3-21-22(10-17)32(25(33)15-31-21)6-5-28-18-2-4-20(16(9-18)12-27)30-13-19-11-23-24(14-29-19)35-8-7-34-23/h1,3,10-11,14-16,18,20,28,30H,2,4-9,12-13,27H2. The molecule has 3 heterocycles. The van der Waals surface area contributed by atoms with Gasteiger partial charge in [-0.3, -0.25) is 9.78 Å². The first-order valence-electron chi connectivity index (χ1n) is 12.2. The second-order valence-electron chi connectivity index (χ2n) is 9.15. The molecule has 2 aliphatic rings. The molecule has 1 saturated carbocycles. The highest BCUT2D eigenvalue weighted by atomic mass is 19.1. The van der Waals surface area contributed by atoms with Crippen LogP contribution in [0.1, 0.15) is 25.0 Å². The molecule has 5 rings (SSSR count). The van der Waals surface area contributed by atoms with E-state index in [1.807, 2.05) is 6.07 Å². The molecular weight excluding hydrogens is 451 g/mol. The van der Waals surface area contributed by atoms with E-state index in [0.29, 0.717) is 74.2 Å². The molecule has 0 radical (unpaired) electrons. The van der Waals surface area contributed by atoms with Gasteiger partial charge in [-0.05, 0) is 49.9 Å². The quantitative estimate of drug-likeness (QED) is 0.443. The van der Waals surface area contributed by atoms with Gasteiger partial charge in [-0.25, -0.2) is 9.37 Å². The smallest absolute Gasteiger partial charge is 0.269 e. The maximum Gasteiger partial charge on any atom is 0.269 e. The zero-order valence-corrected chi connectivity index (χ0v) is 19.6. The maximum atomic E-state index is 13.7. The fraction of sp³-hybridized carbons (Fsp3) is 0.480. The Morgan fingerprint density at radius 2 is 1.94 bits per heavy atom. The van der Waals surface area contributed by atoms with Crippen LogP contribution in [0.25, 0.3) is 11.0 Å². The number of hydrogen-bond donors (Lipinski definition) is 3. The average molecular weight is 483 g/mol. The minimum Gasteiger partial charge on any atom is -0.486 e. The molecule has 3 atom stereocenters. The number of ether oxygens (including phenoxy) is 2. The van der Waals surface area contributed by atoms with Gasteiger partial charge in [-0.1, -0.05) is 0 Å². The molecule has 2 aromatic heterocycles. The zero-order chi connectivity index (χ0) is 24.2. The molecule has 10 heteroatoms. The van der Waals surface area contributed by atoms with E-state index in [0.717, 1.165) is 30.7 Å². The molecule has 35 heavy (non-hydrogen) atoms. The van der Waals surface area contributed by atoms with E-state index in [9.17, 15) is 9.18 Å². The van der Waals surface area contributed by atoms with Gasteiger partial charge in [0, 0.05) is 37.8 Å². The van der Waals surface area contributed by atoms with Crippen LogP contribution in [0.15, 0.2) is 41.5 Å². The topological polar surface area (TPSA) is 116 Å². The maximum absolute atomic E-state index is 13.7. The molecule has 1 aliphatic carbocycles. The number of aromatic nitrogens is 3. The SMILES string of the molecule is NCC1CC(NCCn2c(=O)cnc3ccc(F)cc32)CCC1NCc1cc2c(cn1)OCCO2. The second-order valence-corrected chi connectivity index (χ2v) is 9.15. The molecule has 3 aromatic rings. The largest absolute Gasteiger partial charge is 0.486 e. The number of nitrogens with one attached hydrogen (secondary N) is 2. The first-order chi connectivity index (χ1) is 17.1. The fourth-order valence-electron chi connectivity index (χ4n) is 5.05. The van der Waals surface area contributed by atoms with Crippen LogP contribution in [0.4, 0.5) is 4.39 Å². The van der Waals surface area contributed by atoms with Gasteiger partial charge in [0.05, 0.1) is 29.1 Å². The normalized spacial score (nSPS) is 21.8. The van der Waals surface area contributed by atoms with Crippen LogP contribution < -0.4 is 31.4 Å². The number of benzene rings is 1. The number of nitrogens with two attached hydrogens (primary N) is 1. The summed E-state index contributed by atoms with van der Waals surface area (Å²) in [4.78, 5) is 20.9. The van der Waals surface area contributed by atoms with Crippen LogP contribution in [-0.2, 0) is 13.1 Å². The summed E-state index contributed by atoms with van der Waals surface area (Å²) in [7, 11) is 0. The van der Waals surface area contributed by atoms with Crippen LogP contribution in [0.3, 0.4) is 0 Å². The summed E-state index contributed by atoms with van der Waals surface area (Å²) in [6, 6.07) is 6.86. The Balaban J connectivity index is 1.14. The van der Waals surface area contributed by atoms with E-state index in [1.165, 1.54) is 18.3 Å². The summed E-state index contributed by atoms with van der Waals surface area (Å²) in [6.07, 6.45) is 5.96. The molecule has 3 unspecified atom stereocenters. The summed E-state index contributed by atoms with van der Waals surface area (Å²) < 4.78 is 26.5. The number of nitrogens with zero attached hydrogens (tertiary/aromatic N) is 3. The van der Waals surface area contributed by atoms with Crippen molar-refractivity contribution in [3.8, 4) is 11.5 Å². The molecule has 0 amide bonds. The van der Waals surface area contributed by atoms with Crippen molar-refractivity contribution < 1.29 is 13.9 Å². The van der Waals surface area contributed by atoms with Gasteiger partial charge in [0.15, 0.2) is 11.5 Å². The third kappa shape index (κ3) is 5.44. The van der Waals surface area contributed by atoms with E-state index in [2.05, 4.69) is 20.6 Å². The van der Waals surface area contributed by atoms with Gasteiger partial charge in [0.25, 0.3) is 5.56 Å². The van der Waals surface area contributed by atoms with Gasteiger partial charge in [-0.2, -0.15) is 0 Å². The molecule has 9 nitrogen and oxygen atoms in total. The number of rotatable bonds is 8. The summed E-state index contributed by atoms with van der Waals surface area (Å²) >= 11 is 0. The lowest BCUT2D eigenvalue weighted by atomic mass is 9.81. The first-order valence-corrected chi connectivity index (χ1v) is 12.2. The molecule has 1 fully saturated rings. The van der Waals surface area contributed by atoms with Gasteiger partial charge < -0.3 is 30.4 Å². The zero-order valence-electron chi connectivity index (χ0n) is 19.6. The van der Waals surface area contributed by atoms with E-state index in [1.54, 1.807) is 16.8 Å². The number of hydrogen-bond acceptors (Lipinski definition) is 8. The molecule has 4 N–H and O–H groups in total. The Morgan fingerprint density at radius 1 is 1.09 bits per heavy atom. The Bertz CT molecular complexity index is 1240. The van der Waals surface area contributed by atoms with Crippen molar-refractivity contribution in [3.05, 3.63) is 58.5 Å². The minimum absolute atomic E-state index is 0.231. The van der Waals surface area contributed by atoms with Crippen LogP contribution in [0, 0.1) is 11.7 Å². The van der Waals surface area contributed by atoms with E-state index in [4.69, 9.17) is 15.2 Å². The van der Waals surface area contributed by atoms with E-state index >= 15 is 0 Å². The van der Waals surface area contributed by atoms with Crippen molar-refractivity contribution in [1.29, 1.82) is 0 Å². The molecule has 0 bridgehead atoms. The van der Waals surface area contributed by atoms with Gasteiger partial charge >= 0.3 is 0 Å². The van der Waals surface area contributed by atoms with Gasteiger partial charge in [0.2, 0.25) is 0 Å². The highest BCUT2D eigenvalue weighted by Gasteiger charge is 2.29. The summed E-state index contributed by atoms with van der Waals surface area (Å²) in [6.45, 7) is 3.40. The van der Waals surface area contributed by atoms with Crippen molar-refractivity contribution in [2.24, 2.45) is 11.7 Å². The first kappa shape index (κ1) is 23.7. The molecule has 1 aliphatic heterocycles. The highest BCUT2D eigenvalue weighted by molar-refractivity contribution is 5.74. The summed E-state index contributed by atoms with van der Waals surface area (Å²) in [5.41, 5.74) is 7.93. The Hall–Kier alpha value is -3.08. The van der Waals surface area contributed by atoms with Crippen molar-refractivity contribution in [3.63, 3.8) is 0 Å². The minimum atomic E-state index is -0.380. The second kappa shape index (κ2) is 10.7. The van der Waals surface area contributed by atoms with Gasteiger partial charge in [0.1, 0.15) is 19.0 Å². The number of pyridine rings is 1. The van der Waals surface area contributed by atoms with Crippen LogP contribution in [0.2, 0.25) is 0 Å². The van der Waals surface area contributed by atoms with Crippen molar-refractivity contribution in [2.45, 2.75) is 44.4 Å². The molecule has 0 saturated heterocycles. The lowest BCUT2D eigenvalue weighted by Gasteiger charge is -2.36. The average Bonchev–Trinajstić information content (AvgIpc) is 2.89. The fourth-order valence-corrected chi connectivity index (χ4v) is 5.05. The monoisotopic (exact) mass is 482 g/mol. The predicted octanol–water partition coefficient (Wildman–Crippen LogP) is 1.58. The summed E-state index contributed by atoms with van der Waals surface area (Å²) in [5.74, 6) is 1.39. The van der Waals surface area contributed by atoms with Gasteiger partial charge in [-0.15, -0.1) is 0 Å². The van der Waals surface area contributed by atoms with Crippen molar-refractivity contribution in [1.82, 2.24) is 25.2 Å². The predicted molar refractivity (Wildman–Crippen MR) is 130 cm³/mol. The highest BCUT2D eigenvalue weighted by Crippen LogP contribution is 2.30. The van der Waals surface area contributed by atoms with Crippen LogP contribution in [-0.4, -0.2) is 52.9 Å². The third-order valence-corrected chi connectivity index (χ3v) is 6.89. The van der Waals surface area contributed by atoms with Crippen molar-refractivity contribution in [2.75, 3.05) is 26.3 Å². The Labute approximate surface area is 202 Å². The number of halogens is 1. The van der Waals surface area contributed by atoms with E-state index < -0.39 is 0 Å². The molecular formula is C25H31FN6O3. The van der Waals surface area contributed by atoms with Crippen LogP contribution >= 0.6 is 0 Å².